The minimum Gasteiger partial charge on any atom is -0.366 e. The fraction of sp³-hybridized carbons (Fsp3) is 0.520. The van der Waals surface area contributed by atoms with Gasteiger partial charge in [0.25, 0.3) is 5.56 Å². The molecule has 1 unspecified atom stereocenters. The number of nitrogens with one attached hydrogen (secondary N) is 1. The minimum absolute atomic E-state index is 0.265. The molecule has 0 aliphatic heterocycles. The Morgan fingerprint density at radius 2 is 1.59 bits per heavy atom. The molecule has 1 aromatic carbocycles. The highest BCUT2D eigenvalue weighted by molar-refractivity contribution is 5.89. The molecule has 1 atom stereocenters. The number of carbonyl (C=O) groups excluding carboxylic acids is 1. The Morgan fingerprint density at radius 1 is 1.00 bits per heavy atom. The van der Waals surface area contributed by atoms with E-state index in [-0.39, 0.29) is 17.9 Å². The van der Waals surface area contributed by atoms with Crippen molar-refractivity contribution >= 4 is 17.1 Å². The molecule has 0 radical (unpaired) electrons. The van der Waals surface area contributed by atoms with Gasteiger partial charge in [-0.2, -0.15) is 0 Å². The van der Waals surface area contributed by atoms with Gasteiger partial charge in [-0.3, -0.25) is 13.9 Å². The first kappa shape index (κ1) is 25.4. The van der Waals surface area contributed by atoms with Crippen molar-refractivity contribution in [3.63, 3.8) is 0 Å². The van der Waals surface area contributed by atoms with E-state index >= 15 is 0 Å². The SMILES string of the molecule is CC(C)CC(CC(C)C)(C(C)NOC(=O)c1ccccc1)n1cnc2c1c(=O)n(C)c(=O)n2C. The first-order valence-corrected chi connectivity index (χ1v) is 11.6. The molecule has 0 spiro atoms. The van der Waals surface area contributed by atoms with Crippen LogP contribution in [0.4, 0.5) is 0 Å². The third-order valence-corrected chi connectivity index (χ3v) is 6.29. The monoisotopic (exact) mass is 469 g/mol. The summed E-state index contributed by atoms with van der Waals surface area (Å²) in [6.07, 6.45) is 3.02. The van der Waals surface area contributed by atoms with Gasteiger partial charge in [-0.1, -0.05) is 45.9 Å². The first-order valence-electron chi connectivity index (χ1n) is 11.6. The molecule has 0 aliphatic rings. The molecule has 0 amide bonds. The van der Waals surface area contributed by atoms with Crippen LogP contribution in [0.25, 0.3) is 11.2 Å². The summed E-state index contributed by atoms with van der Waals surface area (Å²) in [6, 6.07) is 8.40. The van der Waals surface area contributed by atoms with Crippen LogP contribution in [0, 0.1) is 11.8 Å². The van der Waals surface area contributed by atoms with Crippen LogP contribution in [-0.2, 0) is 24.5 Å². The number of hydroxylamine groups is 1. The number of nitrogens with zero attached hydrogens (tertiary/aromatic N) is 4. The summed E-state index contributed by atoms with van der Waals surface area (Å²) in [5, 5.41) is 0. The summed E-state index contributed by atoms with van der Waals surface area (Å²) in [7, 11) is 3.08. The zero-order valence-corrected chi connectivity index (χ0v) is 21.0. The zero-order chi connectivity index (χ0) is 25.2. The summed E-state index contributed by atoms with van der Waals surface area (Å²) >= 11 is 0. The number of imidazole rings is 1. The van der Waals surface area contributed by atoms with E-state index in [9.17, 15) is 14.4 Å². The third kappa shape index (κ3) is 4.70. The van der Waals surface area contributed by atoms with Crippen LogP contribution in [0.2, 0.25) is 0 Å². The van der Waals surface area contributed by atoms with Gasteiger partial charge in [0.05, 0.1) is 23.5 Å². The van der Waals surface area contributed by atoms with Crippen LogP contribution < -0.4 is 16.7 Å². The Kier molecular flexibility index (Phi) is 7.45. The van der Waals surface area contributed by atoms with E-state index in [1.165, 1.54) is 11.6 Å². The Morgan fingerprint density at radius 3 is 2.15 bits per heavy atom. The summed E-state index contributed by atoms with van der Waals surface area (Å²) < 4.78 is 4.37. The second-order valence-corrected chi connectivity index (χ2v) is 9.89. The molecular formula is C25H35N5O4. The van der Waals surface area contributed by atoms with Crippen molar-refractivity contribution in [3.05, 3.63) is 63.1 Å². The maximum Gasteiger partial charge on any atom is 0.356 e. The largest absolute Gasteiger partial charge is 0.366 e. The number of carbonyl (C=O) groups is 1. The molecule has 1 N–H and O–H groups in total. The van der Waals surface area contributed by atoms with Crippen molar-refractivity contribution < 1.29 is 9.63 Å². The van der Waals surface area contributed by atoms with Crippen molar-refractivity contribution in [2.24, 2.45) is 25.9 Å². The van der Waals surface area contributed by atoms with Crippen LogP contribution in [0.1, 0.15) is 57.8 Å². The number of hydrogen-bond donors (Lipinski definition) is 1. The summed E-state index contributed by atoms with van der Waals surface area (Å²) in [4.78, 5) is 48.3. The zero-order valence-electron chi connectivity index (χ0n) is 21.0. The van der Waals surface area contributed by atoms with Crippen LogP contribution in [0.15, 0.2) is 46.2 Å². The number of aromatic nitrogens is 4. The topological polar surface area (TPSA) is 100 Å². The second-order valence-electron chi connectivity index (χ2n) is 9.89. The van der Waals surface area contributed by atoms with Gasteiger partial charge in [0.1, 0.15) is 0 Å². The lowest BCUT2D eigenvalue weighted by Crippen LogP contribution is -2.53. The van der Waals surface area contributed by atoms with Crippen molar-refractivity contribution in [1.29, 1.82) is 0 Å². The lowest BCUT2D eigenvalue weighted by Gasteiger charge is -2.43. The van der Waals surface area contributed by atoms with E-state index in [2.05, 4.69) is 38.2 Å². The molecule has 3 rings (SSSR count). The van der Waals surface area contributed by atoms with Gasteiger partial charge in [-0.05, 0) is 43.7 Å². The summed E-state index contributed by atoms with van der Waals surface area (Å²) in [5.41, 5.74) is 2.62. The maximum atomic E-state index is 13.3. The van der Waals surface area contributed by atoms with Gasteiger partial charge < -0.3 is 9.40 Å². The Balaban J connectivity index is 2.14. The van der Waals surface area contributed by atoms with E-state index in [0.717, 1.165) is 4.57 Å². The highest BCUT2D eigenvalue weighted by atomic mass is 16.7. The fourth-order valence-electron chi connectivity index (χ4n) is 4.82. The molecule has 9 heteroatoms. The van der Waals surface area contributed by atoms with Crippen molar-refractivity contribution in [2.75, 3.05) is 0 Å². The molecule has 9 nitrogen and oxygen atoms in total. The number of aryl methyl sites for hydroxylation is 1. The predicted molar refractivity (Wildman–Crippen MR) is 132 cm³/mol. The quantitative estimate of drug-likeness (QED) is 0.484. The van der Waals surface area contributed by atoms with Gasteiger partial charge in [0, 0.05) is 14.1 Å². The number of rotatable bonds is 9. The average molecular weight is 470 g/mol. The van der Waals surface area contributed by atoms with E-state index in [4.69, 9.17) is 4.84 Å². The molecule has 0 saturated carbocycles. The van der Waals surface area contributed by atoms with Gasteiger partial charge in [-0.25, -0.2) is 14.6 Å². The molecule has 184 valence electrons. The third-order valence-electron chi connectivity index (χ3n) is 6.29. The lowest BCUT2D eigenvalue weighted by molar-refractivity contribution is -0.00825. The molecule has 0 bridgehead atoms. The fourth-order valence-corrected chi connectivity index (χ4v) is 4.82. The van der Waals surface area contributed by atoms with Crippen molar-refractivity contribution in [3.8, 4) is 0 Å². The molecule has 2 heterocycles. The second kappa shape index (κ2) is 9.97. The molecular weight excluding hydrogens is 434 g/mol. The van der Waals surface area contributed by atoms with Gasteiger partial charge in [0.2, 0.25) is 0 Å². The van der Waals surface area contributed by atoms with E-state index in [0.29, 0.717) is 29.6 Å². The summed E-state index contributed by atoms with van der Waals surface area (Å²) in [6.45, 7) is 10.4. The highest BCUT2D eigenvalue weighted by Crippen LogP contribution is 2.37. The molecule has 0 saturated heterocycles. The van der Waals surface area contributed by atoms with Crippen LogP contribution in [0.3, 0.4) is 0 Å². The van der Waals surface area contributed by atoms with Crippen molar-refractivity contribution in [2.45, 2.75) is 59.0 Å². The molecule has 34 heavy (non-hydrogen) atoms. The van der Waals surface area contributed by atoms with Crippen LogP contribution in [-0.4, -0.2) is 30.7 Å². The number of hydrogen-bond acceptors (Lipinski definition) is 6. The van der Waals surface area contributed by atoms with Gasteiger partial charge in [-0.15, -0.1) is 5.48 Å². The number of benzene rings is 1. The highest BCUT2D eigenvalue weighted by Gasteiger charge is 2.42. The van der Waals surface area contributed by atoms with Gasteiger partial charge in [0.15, 0.2) is 11.2 Å². The van der Waals surface area contributed by atoms with Crippen molar-refractivity contribution in [1.82, 2.24) is 24.2 Å². The smallest absolute Gasteiger partial charge is 0.356 e. The minimum atomic E-state index is -0.655. The van der Waals surface area contributed by atoms with Crippen LogP contribution >= 0.6 is 0 Å². The standard InChI is InChI=1S/C25H35N5O4/c1-16(2)13-25(14-17(3)4,18(5)27-34-23(32)19-11-9-8-10-12-19)30-15-26-21-20(30)22(31)29(7)24(33)28(21)6/h8-12,15-18,27H,13-14H2,1-7H3. The van der Waals surface area contributed by atoms with E-state index in [1.807, 2.05) is 17.6 Å². The normalized spacial score (nSPS) is 13.1. The molecule has 0 aliphatic carbocycles. The summed E-state index contributed by atoms with van der Waals surface area (Å²) in [5.74, 6) is 0.0487. The predicted octanol–water partition coefficient (Wildman–Crippen LogP) is 2.97. The Labute approximate surface area is 199 Å². The first-order chi connectivity index (χ1) is 16.0. The Bertz CT molecular complexity index is 1260. The van der Waals surface area contributed by atoms with Crippen LogP contribution in [0.5, 0.6) is 0 Å². The molecule has 0 fully saturated rings. The van der Waals surface area contributed by atoms with E-state index in [1.54, 1.807) is 37.6 Å². The maximum absolute atomic E-state index is 13.3. The Hall–Kier alpha value is -3.20. The lowest BCUT2D eigenvalue weighted by atomic mass is 9.76. The molecule has 2 aromatic heterocycles. The van der Waals surface area contributed by atoms with Gasteiger partial charge >= 0.3 is 11.7 Å². The molecule has 3 aromatic rings. The average Bonchev–Trinajstić information content (AvgIpc) is 3.25. The number of fused-ring (bicyclic) bond motifs is 1. The van der Waals surface area contributed by atoms with E-state index < -0.39 is 22.8 Å².